The molecule has 0 aromatic heterocycles. The maximum Gasteiger partial charge on any atom is 0.170 e. The predicted molar refractivity (Wildman–Crippen MR) is 55.9 cm³/mol. The normalized spacial score (nSPS) is 12.0. The van der Waals surface area contributed by atoms with Crippen LogP contribution in [0.25, 0.3) is 0 Å². The van der Waals surface area contributed by atoms with Crippen LogP contribution in [0.4, 0.5) is 0 Å². The summed E-state index contributed by atoms with van der Waals surface area (Å²) in [6.07, 6.45) is 0. The number of aliphatic hydroxyl groups excluding tert-OH is 1. The Bertz CT molecular complexity index is 79.6. The topological polar surface area (TPSA) is 29.5 Å². The molecule has 0 unspecified atom stereocenters. The summed E-state index contributed by atoms with van der Waals surface area (Å²) >= 11 is 0. The fraction of sp³-hybridized carbons (Fsp3) is 1.00. The molecule has 4 heteroatoms. The van der Waals surface area contributed by atoms with Gasteiger partial charge in [-0.1, -0.05) is 0 Å². The molecular weight excluding hydrogens is 172 g/mol. The molecule has 0 spiro atoms. The molecule has 2 nitrogen and oxygen atoms in total. The van der Waals surface area contributed by atoms with Crippen molar-refractivity contribution < 1.29 is 9.22 Å². The molecule has 0 saturated carbocycles. The minimum Gasteiger partial charge on any atom is -0.456 e. The first kappa shape index (κ1) is 13.9. The highest BCUT2D eigenvalue weighted by Gasteiger charge is 2.24. The van der Waals surface area contributed by atoms with Gasteiger partial charge in [-0.05, 0) is 39.3 Å². The van der Waals surface area contributed by atoms with E-state index in [0.29, 0.717) is 0 Å². The van der Waals surface area contributed by atoms with Crippen LogP contribution < -0.4 is 0 Å². The number of hydrogen-bond acceptors (Lipinski definition) is 2. The summed E-state index contributed by atoms with van der Waals surface area (Å²) in [5, 5.41) is 7.00. The van der Waals surface area contributed by atoms with Crippen LogP contribution in [0, 0.1) is 0 Å². The molecule has 0 amide bonds. The van der Waals surface area contributed by atoms with E-state index in [1.807, 2.05) is 0 Å². The fourth-order valence-corrected chi connectivity index (χ4v) is 8.27. The third-order valence-corrected chi connectivity index (χ3v) is 5.51. The third kappa shape index (κ3) is 17.9. The van der Waals surface area contributed by atoms with Gasteiger partial charge in [-0.2, -0.15) is 0 Å². The fourth-order valence-electron chi connectivity index (χ4n) is 0.919. The van der Waals surface area contributed by atoms with Gasteiger partial charge in [0.25, 0.3) is 0 Å². The van der Waals surface area contributed by atoms with Crippen molar-refractivity contribution in [1.29, 1.82) is 0 Å². The van der Waals surface area contributed by atoms with Crippen LogP contribution in [-0.4, -0.2) is 28.9 Å². The second-order valence-electron chi connectivity index (χ2n) is 4.33. The summed E-state index contributed by atoms with van der Waals surface area (Å²) in [5.41, 5.74) is 0. The van der Waals surface area contributed by atoms with Gasteiger partial charge in [-0.15, -0.1) is 0 Å². The second-order valence-corrected chi connectivity index (χ2v) is 13.6. The van der Waals surface area contributed by atoms with E-state index in [1.54, 1.807) is 0 Å². The van der Waals surface area contributed by atoms with Crippen LogP contribution in [0.15, 0.2) is 0 Å². The Morgan fingerprint density at radius 1 is 0.727 bits per heavy atom. The van der Waals surface area contributed by atoms with Gasteiger partial charge in [0.15, 0.2) is 16.6 Å². The summed E-state index contributed by atoms with van der Waals surface area (Å²) in [4.78, 5) is 0. The number of rotatable bonds is 2. The van der Waals surface area contributed by atoms with Crippen molar-refractivity contribution in [2.24, 2.45) is 0 Å². The molecule has 1 N–H and O–H groups in total. The Morgan fingerprint density at radius 3 is 0.909 bits per heavy atom. The van der Waals surface area contributed by atoms with E-state index >= 15 is 0 Å². The van der Waals surface area contributed by atoms with E-state index in [0.717, 1.165) is 7.11 Å². The molecule has 70 valence electrons. The van der Waals surface area contributed by atoms with Crippen LogP contribution in [0.2, 0.25) is 39.3 Å². The maximum absolute atomic E-state index is 7.00. The molecule has 0 aromatic rings. The highest BCUT2D eigenvalue weighted by molar-refractivity contribution is 6.83. The van der Waals surface area contributed by atoms with Crippen molar-refractivity contribution in [3.05, 3.63) is 0 Å². The summed E-state index contributed by atoms with van der Waals surface area (Å²) in [6, 6.07) is 0. The van der Waals surface area contributed by atoms with Gasteiger partial charge in [-0.3, -0.25) is 0 Å². The van der Waals surface area contributed by atoms with Crippen molar-refractivity contribution in [3.63, 3.8) is 0 Å². The Kier molecular flexibility index (Phi) is 6.42. The first-order valence-electron chi connectivity index (χ1n) is 3.86. The van der Waals surface area contributed by atoms with Crippen LogP contribution >= 0.6 is 0 Å². The molecule has 0 radical (unpaired) electrons. The summed E-state index contributed by atoms with van der Waals surface area (Å²) in [6.45, 7) is 13.4. The second kappa shape index (κ2) is 5.08. The predicted octanol–water partition coefficient (Wildman–Crippen LogP) is 2.28. The minimum atomic E-state index is -1.23. The van der Waals surface area contributed by atoms with Crippen molar-refractivity contribution >= 4 is 16.6 Å². The zero-order chi connectivity index (χ0) is 9.71. The summed E-state index contributed by atoms with van der Waals surface area (Å²) < 4.78 is 5.90. The molecule has 11 heavy (non-hydrogen) atoms. The Balaban J connectivity index is 0. The zero-order valence-corrected chi connectivity index (χ0v) is 10.9. The standard InChI is InChI=1S/C6H18OSi2.CH4O/c1-8(2,3)7-9(4,5)6;1-2/h1-6H3;2H,1H3. The van der Waals surface area contributed by atoms with E-state index in [1.165, 1.54) is 0 Å². The highest BCUT2D eigenvalue weighted by atomic mass is 28.4. The lowest BCUT2D eigenvalue weighted by atomic mass is 11.8. The van der Waals surface area contributed by atoms with Crippen LogP contribution in [-0.2, 0) is 4.12 Å². The molecule has 0 fully saturated rings. The van der Waals surface area contributed by atoms with Crippen molar-refractivity contribution in [1.82, 2.24) is 0 Å². The average Bonchev–Trinajstić information content (AvgIpc) is 1.60. The molecule has 0 aliphatic heterocycles. The van der Waals surface area contributed by atoms with Crippen molar-refractivity contribution in [2.45, 2.75) is 39.3 Å². The Labute approximate surface area is 72.9 Å². The van der Waals surface area contributed by atoms with Gasteiger partial charge in [0.05, 0.1) is 0 Å². The molecule has 0 saturated heterocycles. The average molecular weight is 194 g/mol. The van der Waals surface area contributed by atoms with Crippen LogP contribution in [0.1, 0.15) is 0 Å². The van der Waals surface area contributed by atoms with Gasteiger partial charge >= 0.3 is 0 Å². The number of hydrogen-bond donors (Lipinski definition) is 1. The minimum absolute atomic E-state index is 1.00. The van der Waals surface area contributed by atoms with Gasteiger partial charge in [0, 0.05) is 7.11 Å². The smallest absolute Gasteiger partial charge is 0.170 e. The molecule has 0 rings (SSSR count). The van der Waals surface area contributed by atoms with Crippen LogP contribution in [0.5, 0.6) is 0 Å². The molecule has 0 aliphatic carbocycles. The Morgan fingerprint density at radius 2 is 0.909 bits per heavy atom. The third-order valence-electron chi connectivity index (χ3n) is 0.612. The lowest BCUT2D eigenvalue weighted by Crippen LogP contribution is -2.39. The zero-order valence-electron chi connectivity index (χ0n) is 8.86. The lowest BCUT2D eigenvalue weighted by Gasteiger charge is -2.27. The van der Waals surface area contributed by atoms with Crippen molar-refractivity contribution in [2.75, 3.05) is 7.11 Å². The van der Waals surface area contributed by atoms with Gasteiger partial charge in [0.1, 0.15) is 0 Å². The van der Waals surface area contributed by atoms with E-state index in [9.17, 15) is 0 Å². The molecule has 0 aromatic carbocycles. The first-order chi connectivity index (χ1) is 4.71. The van der Waals surface area contributed by atoms with E-state index in [-0.39, 0.29) is 0 Å². The van der Waals surface area contributed by atoms with Gasteiger partial charge in [-0.25, -0.2) is 0 Å². The SMILES string of the molecule is CO.C[Si](C)(C)O[Si](C)(C)C. The summed E-state index contributed by atoms with van der Waals surface area (Å²) in [7, 11) is -1.46. The van der Waals surface area contributed by atoms with Crippen LogP contribution in [0.3, 0.4) is 0 Å². The quantitative estimate of drug-likeness (QED) is 0.684. The monoisotopic (exact) mass is 194 g/mol. The Hall–Kier alpha value is 0.354. The summed E-state index contributed by atoms with van der Waals surface area (Å²) in [5.74, 6) is 0. The molecule has 0 atom stereocenters. The van der Waals surface area contributed by atoms with Gasteiger partial charge in [0.2, 0.25) is 0 Å². The van der Waals surface area contributed by atoms with E-state index in [2.05, 4.69) is 39.3 Å². The molecular formula is C7H22O2Si2. The van der Waals surface area contributed by atoms with E-state index < -0.39 is 16.6 Å². The lowest BCUT2D eigenvalue weighted by molar-refractivity contribution is 0.399. The number of aliphatic hydroxyl groups is 1. The first-order valence-corrected chi connectivity index (χ1v) is 10.7. The molecule has 0 heterocycles. The van der Waals surface area contributed by atoms with Crippen molar-refractivity contribution in [3.8, 4) is 0 Å². The van der Waals surface area contributed by atoms with E-state index in [4.69, 9.17) is 9.22 Å². The van der Waals surface area contributed by atoms with Gasteiger partial charge < -0.3 is 9.22 Å². The highest BCUT2D eigenvalue weighted by Crippen LogP contribution is 2.12. The largest absolute Gasteiger partial charge is 0.456 e. The maximum atomic E-state index is 7.00. The molecule has 0 aliphatic rings. The molecule has 0 bridgehead atoms.